The Hall–Kier alpha value is -2.99. The molecule has 8 nitrogen and oxygen atoms in total. The summed E-state index contributed by atoms with van der Waals surface area (Å²) >= 11 is 0. The van der Waals surface area contributed by atoms with Gasteiger partial charge in [-0.25, -0.2) is 9.59 Å². The first-order valence-corrected chi connectivity index (χ1v) is 6.39. The number of benzene rings is 1. The van der Waals surface area contributed by atoms with Gasteiger partial charge in [-0.3, -0.25) is 9.59 Å². The molecular weight excluding hydrogens is 290 g/mol. The summed E-state index contributed by atoms with van der Waals surface area (Å²) in [6.07, 6.45) is 1.33. The van der Waals surface area contributed by atoms with Gasteiger partial charge in [0.05, 0.1) is 6.54 Å². The summed E-state index contributed by atoms with van der Waals surface area (Å²) in [5, 5.41) is 13.6. The molecule has 0 aliphatic heterocycles. The number of isocyanates is 1. The zero-order valence-electron chi connectivity index (χ0n) is 11.6. The number of carbonyl (C=O) groups is 3. The number of nitrogens with one attached hydrogen (secondary N) is 2. The second-order valence-corrected chi connectivity index (χ2v) is 4.33. The van der Waals surface area contributed by atoms with Gasteiger partial charge in [0.1, 0.15) is 12.6 Å². The molecule has 0 fully saturated rings. The van der Waals surface area contributed by atoms with Crippen molar-refractivity contribution in [3.63, 3.8) is 0 Å². The van der Waals surface area contributed by atoms with Crippen molar-refractivity contribution < 1.29 is 24.3 Å². The van der Waals surface area contributed by atoms with E-state index in [1.165, 1.54) is 6.08 Å². The van der Waals surface area contributed by atoms with Crippen LogP contribution < -0.4 is 10.6 Å². The molecule has 0 spiro atoms. The predicted molar refractivity (Wildman–Crippen MR) is 75.7 cm³/mol. The van der Waals surface area contributed by atoms with E-state index in [1.54, 1.807) is 30.3 Å². The number of carboxylic acid groups (broad SMARTS) is 1. The first kappa shape index (κ1) is 17.1. The average molecular weight is 305 g/mol. The lowest BCUT2D eigenvalue weighted by atomic mass is 10.1. The molecule has 0 heterocycles. The van der Waals surface area contributed by atoms with Crippen LogP contribution in [0, 0.1) is 0 Å². The number of aliphatic carboxylic acids is 1. The fourth-order valence-corrected chi connectivity index (χ4v) is 1.63. The van der Waals surface area contributed by atoms with Crippen molar-refractivity contribution in [2.45, 2.75) is 12.5 Å². The molecule has 0 aliphatic carbocycles. The Morgan fingerprint density at radius 1 is 1.18 bits per heavy atom. The van der Waals surface area contributed by atoms with Crippen LogP contribution in [0.5, 0.6) is 0 Å². The van der Waals surface area contributed by atoms with Gasteiger partial charge in [0.25, 0.3) is 0 Å². The Labute approximate surface area is 126 Å². The van der Waals surface area contributed by atoms with E-state index < -0.39 is 36.9 Å². The quantitative estimate of drug-likeness (QED) is 0.430. The van der Waals surface area contributed by atoms with E-state index >= 15 is 0 Å². The SMILES string of the molecule is O=C=NCC(=O)NCC(=O)N[C@@H](Cc1ccccc1)C(=O)O. The Kier molecular flexibility index (Phi) is 7.01. The summed E-state index contributed by atoms with van der Waals surface area (Å²) in [6, 6.07) is 7.74. The highest BCUT2D eigenvalue weighted by atomic mass is 16.4. The molecule has 3 N–H and O–H groups in total. The standard InChI is InChI=1S/C14H15N3O5/c18-9-15-7-12(19)16-8-13(20)17-11(14(21)22)6-10-4-2-1-3-5-10/h1-5,11H,6-8H2,(H,16,19)(H,17,20)(H,21,22)/t11-/m0/s1. The first-order valence-electron chi connectivity index (χ1n) is 6.39. The topological polar surface area (TPSA) is 125 Å². The summed E-state index contributed by atoms with van der Waals surface area (Å²) in [7, 11) is 0. The van der Waals surface area contributed by atoms with Crippen molar-refractivity contribution in [2.75, 3.05) is 13.1 Å². The van der Waals surface area contributed by atoms with E-state index in [-0.39, 0.29) is 6.42 Å². The molecule has 0 unspecified atom stereocenters. The fraction of sp³-hybridized carbons (Fsp3) is 0.286. The molecular formula is C14H15N3O5. The molecule has 0 aliphatic rings. The van der Waals surface area contributed by atoms with Crippen LogP contribution in [0.1, 0.15) is 5.56 Å². The second kappa shape index (κ2) is 9.04. The number of hydrogen-bond donors (Lipinski definition) is 3. The van der Waals surface area contributed by atoms with Gasteiger partial charge in [-0.05, 0) is 5.56 Å². The molecule has 2 amide bonds. The Morgan fingerprint density at radius 3 is 2.45 bits per heavy atom. The third kappa shape index (κ3) is 6.44. The highest BCUT2D eigenvalue weighted by Gasteiger charge is 2.20. The van der Waals surface area contributed by atoms with E-state index in [4.69, 9.17) is 5.11 Å². The van der Waals surface area contributed by atoms with Crippen LogP contribution in [-0.2, 0) is 25.6 Å². The summed E-state index contributed by atoms with van der Waals surface area (Å²) in [6.45, 7) is -0.824. The molecule has 1 aromatic carbocycles. The number of hydrogen-bond acceptors (Lipinski definition) is 5. The number of nitrogens with zero attached hydrogens (tertiary/aromatic N) is 1. The molecule has 116 valence electrons. The van der Waals surface area contributed by atoms with Crippen LogP contribution >= 0.6 is 0 Å². The van der Waals surface area contributed by atoms with E-state index in [2.05, 4.69) is 15.6 Å². The van der Waals surface area contributed by atoms with Gasteiger partial charge in [0, 0.05) is 6.42 Å². The minimum atomic E-state index is -1.17. The van der Waals surface area contributed by atoms with E-state index in [0.717, 1.165) is 5.56 Å². The fourth-order valence-electron chi connectivity index (χ4n) is 1.63. The van der Waals surface area contributed by atoms with Gasteiger partial charge in [0.2, 0.25) is 17.9 Å². The van der Waals surface area contributed by atoms with E-state index in [1.807, 2.05) is 0 Å². The molecule has 0 aromatic heterocycles. The maximum Gasteiger partial charge on any atom is 0.326 e. The number of aliphatic imine (C=N–C) groups is 1. The number of amides is 2. The molecule has 0 saturated carbocycles. The maximum absolute atomic E-state index is 11.6. The molecule has 0 radical (unpaired) electrons. The Balaban J connectivity index is 2.49. The van der Waals surface area contributed by atoms with Crippen LogP contribution in [0.25, 0.3) is 0 Å². The van der Waals surface area contributed by atoms with Crippen LogP contribution in [-0.4, -0.2) is 48.1 Å². The van der Waals surface area contributed by atoms with Crippen molar-refractivity contribution in [2.24, 2.45) is 4.99 Å². The van der Waals surface area contributed by atoms with Crippen molar-refractivity contribution in [3.05, 3.63) is 35.9 Å². The van der Waals surface area contributed by atoms with Crippen molar-refractivity contribution in [1.29, 1.82) is 0 Å². The van der Waals surface area contributed by atoms with Crippen LogP contribution in [0.2, 0.25) is 0 Å². The second-order valence-electron chi connectivity index (χ2n) is 4.33. The zero-order chi connectivity index (χ0) is 16.4. The average Bonchev–Trinajstić information content (AvgIpc) is 2.51. The van der Waals surface area contributed by atoms with Crippen molar-refractivity contribution in [3.8, 4) is 0 Å². The molecule has 0 bridgehead atoms. The molecule has 22 heavy (non-hydrogen) atoms. The first-order chi connectivity index (χ1) is 10.5. The van der Waals surface area contributed by atoms with Crippen molar-refractivity contribution >= 4 is 23.9 Å². The molecule has 0 saturated heterocycles. The monoisotopic (exact) mass is 305 g/mol. The van der Waals surface area contributed by atoms with Gasteiger partial charge >= 0.3 is 5.97 Å². The lowest BCUT2D eigenvalue weighted by Crippen LogP contribution is -2.46. The summed E-state index contributed by atoms with van der Waals surface area (Å²) in [4.78, 5) is 46.8. The minimum absolute atomic E-state index is 0.130. The lowest BCUT2D eigenvalue weighted by molar-refractivity contribution is -0.141. The number of carbonyl (C=O) groups excluding carboxylic acids is 3. The molecule has 1 atom stereocenters. The van der Waals surface area contributed by atoms with Crippen molar-refractivity contribution in [1.82, 2.24) is 10.6 Å². The normalized spacial score (nSPS) is 10.9. The van der Waals surface area contributed by atoms with E-state index in [9.17, 15) is 19.2 Å². The highest BCUT2D eigenvalue weighted by molar-refractivity contribution is 5.88. The van der Waals surface area contributed by atoms with Crippen LogP contribution in [0.3, 0.4) is 0 Å². The largest absolute Gasteiger partial charge is 0.480 e. The van der Waals surface area contributed by atoms with E-state index in [0.29, 0.717) is 0 Å². The smallest absolute Gasteiger partial charge is 0.326 e. The third-order valence-electron chi connectivity index (χ3n) is 2.65. The molecule has 1 rings (SSSR count). The highest BCUT2D eigenvalue weighted by Crippen LogP contribution is 2.03. The Bertz CT molecular complexity index is 581. The van der Waals surface area contributed by atoms with Gasteiger partial charge < -0.3 is 15.7 Å². The lowest BCUT2D eigenvalue weighted by Gasteiger charge is -2.14. The maximum atomic E-state index is 11.6. The summed E-state index contributed by atoms with van der Waals surface area (Å²) in [5.41, 5.74) is 0.763. The van der Waals surface area contributed by atoms with Gasteiger partial charge in [-0.1, -0.05) is 30.3 Å². The summed E-state index contributed by atoms with van der Waals surface area (Å²) < 4.78 is 0. The van der Waals surface area contributed by atoms with Crippen LogP contribution in [0.15, 0.2) is 35.3 Å². The molecule has 1 aromatic rings. The zero-order valence-corrected chi connectivity index (χ0v) is 11.6. The number of rotatable bonds is 8. The van der Waals surface area contributed by atoms with Gasteiger partial charge in [-0.2, -0.15) is 4.99 Å². The minimum Gasteiger partial charge on any atom is -0.480 e. The molecule has 8 heteroatoms. The number of carboxylic acids is 1. The van der Waals surface area contributed by atoms with Crippen LogP contribution in [0.4, 0.5) is 0 Å². The Morgan fingerprint density at radius 2 is 1.86 bits per heavy atom. The van der Waals surface area contributed by atoms with Gasteiger partial charge in [0.15, 0.2) is 0 Å². The van der Waals surface area contributed by atoms with Gasteiger partial charge in [-0.15, -0.1) is 0 Å². The summed E-state index contributed by atoms with van der Waals surface area (Å²) in [5.74, 6) is -2.45. The predicted octanol–water partition coefficient (Wildman–Crippen LogP) is -0.749. The third-order valence-corrected chi connectivity index (χ3v) is 2.65.